The SMILES string of the molecule is CC(C)N1C(=O)C(=O)c2cc(Br)ccc21. The van der Waals surface area contributed by atoms with Gasteiger partial charge in [0.05, 0.1) is 11.3 Å². The fraction of sp³-hybridized carbons (Fsp3) is 0.273. The van der Waals surface area contributed by atoms with Crippen molar-refractivity contribution in [2.75, 3.05) is 4.90 Å². The number of rotatable bonds is 1. The van der Waals surface area contributed by atoms with Gasteiger partial charge >= 0.3 is 0 Å². The Morgan fingerprint density at radius 2 is 1.93 bits per heavy atom. The molecule has 0 unspecified atom stereocenters. The van der Waals surface area contributed by atoms with Crippen LogP contribution < -0.4 is 4.90 Å². The van der Waals surface area contributed by atoms with Crippen LogP contribution in [0, 0.1) is 0 Å². The number of hydrogen-bond donors (Lipinski definition) is 0. The maximum Gasteiger partial charge on any atom is 0.299 e. The second kappa shape index (κ2) is 3.45. The first-order valence-electron chi connectivity index (χ1n) is 4.70. The summed E-state index contributed by atoms with van der Waals surface area (Å²) in [7, 11) is 0. The number of nitrogens with zero attached hydrogens (tertiary/aromatic N) is 1. The van der Waals surface area contributed by atoms with Crippen LogP contribution in [0.2, 0.25) is 0 Å². The third kappa shape index (κ3) is 1.49. The van der Waals surface area contributed by atoms with Gasteiger partial charge < -0.3 is 4.90 Å². The summed E-state index contributed by atoms with van der Waals surface area (Å²) in [6, 6.07) is 5.32. The molecule has 4 heteroatoms. The van der Waals surface area contributed by atoms with Gasteiger partial charge in [-0.15, -0.1) is 0 Å². The second-order valence-electron chi connectivity index (χ2n) is 3.76. The lowest BCUT2D eigenvalue weighted by molar-refractivity contribution is -0.114. The molecule has 0 bridgehead atoms. The Kier molecular flexibility index (Phi) is 2.38. The molecule has 0 saturated carbocycles. The molecule has 1 aromatic carbocycles. The molecular weight excluding hydrogens is 258 g/mol. The summed E-state index contributed by atoms with van der Waals surface area (Å²) in [5.74, 6) is -0.849. The molecule has 0 N–H and O–H groups in total. The average molecular weight is 268 g/mol. The van der Waals surface area contributed by atoms with Crippen LogP contribution in [0.5, 0.6) is 0 Å². The number of Topliss-reactive ketones (excluding diaryl/α,β-unsaturated/α-hetero) is 1. The van der Waals surface area contributed by atoms with Crippen LogP contribution in [-0.4, -0.2) is 17.7 Å². The highest BCUT2D eigenvalue weighted by Crippen LogP contribution is 2.32. The zero-order valence-electron chi connectivity index (χ0n) is 8.45. The monoisotopic (exact) mass is 267 g/mol. The number of carbonyl (C=O) groups excluding carboxylic acids is 2. The number of fused-ring (bicyclic) bond motifs is 1. The van der Waals surface area contributed by atoms with Gasteiger partial charge in [-0.2, -0.15) is 0 Å². The normalized spacial score (nSPS) is 15.1. The van der Waals surface area contributed by atoms with Crippen LogP contribution in [0.4, 0.5) is 5.69 Å². The van der Waals surface area contributed by atoms with Crippen LogP contribution in [-0.2, 0) is 4.79 Å². The fourth-order valence-electron chi connectivity index (χ4n) is 1.75. The van der Waals surface area contributed by atoms with Gasteiger partial charge in [0, 0.05) is 10.5 Å². The molecule has 0 saturated heterocycles. The van der Waals surface area contributed by atoms with Crippen LogP contribution in [0.25, 0.3) is 0 Å². The Bertz CT molecular complexity index is 454. The fourth-order valence-corrected chi connectivity index (χ4v) is 2.11. The molecule has 0 fully saturated rings. The van der Waals surface area contributed by atoms with E-state index in [-0.39, 0.29) is 6.04 Å². The van der Waals surface area contributed by atoms with E-state index in [2.05, 4.69) is 15.9 Å². The second-order valence-corrected chi connectivity index (χ2v) is 4.68. The number of carbonyl (C=O) groups is 2. The van der Waals surface area contributed by atoms with Gasteiger partial charge in [0.25, 0.3) is 11.7 Å². The van der Waals surface area contributed by atoms with Crippen LogP contribution in [0.15, 0.2) is 22.7 Å². The molecule has 15 heavy (non-hydrogen) atoms. The van der Waals surface area contributed by atoms with E-state index in [1.807, 2.05) is 19.9 Å². The number of anilines is 1. The van der Waals surface area contributed by atoms with E-state index < -0.39 is 11.7 Å². The third-order valence-electron chi connectivity index (χ3n) is 2.39. The van der Waals surface area contributed by atoms with Crippen molar-refractivity contribution in [3.05, 3.63) is 28.2 Å². The molecule has 0 aromatic heterocycles. The van der Waals surface area contributed by atoms with Crippen LogP contribution in [0.1, 0.15) is 24.2 Å². The molecule has 1 aromatic rings. The average Bonchev–Trinajstić information content (AvgIpc) is 2.41. The highest BCUT2D eigenvalue weighted by atomic mass is 79.9. The number of hydrogen-bond acceptors (Lipinski definition) is 2. The molecule has 1 heterocycles. The van der Waals surface area contributed by atoms with E-state index in [1.54, 1.807) is 12.1 Å². The molecule has 3 nitrogen and oxygen atoms in total. The first-order valence-corrected chi connectivity index (χ1v) is 5.49. The standard InChI is InChI=1S/C11H10BrNO2/c1-6(2)13-9-4-3-7(12)5-8(9)10(14)11(13)15/h3-6H,1-2H3. The van der Waals surface area contributed by atoms with Gasteiger partial charge in [0.1, 0.15) is 0 Å². The van der Waals surface area contributed by atoms with E-state index in [1.165, 1.54) is 4.90 Å². The van der Waals surface area contributed by atoms with Crippen molar-refractivity contribution < 1.29 is 9.59 Å². The van der Waals surface area contributed by atoms with E-state index in [0.29, 0.717) is 11.3 Å². The number of amides is 1. The number of halogens is 1. The molecule has 0 aliphatic carbocycles. The predicted molar refractivity (Wildman–Crippen MR) is 61.1 cm³/mol. The maximum atomic E-state index is 11.7. The lowest BCUT2D eigenvalue weighted by Gasteiger charge is -2.20. The Morgan fingerprint density at radius 3 is 2.53 bits per heavy atom. The summed E-state index contributed by atoms with van der Waals surface area (Å²) in [5, 5.41) is 0. The van der Waals surface area contributed by atoms with Crippen molar-refractivity contribution in [1.29, 1.82) is 0 Å². The lowest BCUT2D eigenvalue weighted by Crippen LogP contribution is -2.35. The summed E-state index contributed by atoms with van der Waals surface area (Å²) in [6.45, 7) is 3.78. The molecule has 1 aliphatic rings. The van der Waals surface area contributed by atoms with E-state index in [9.17, 15) is 9.59 Å². The Balaban J connectivity index is 2.60. The van der Waals surface area contributed by atoms with E-state index >= 15 is 0 Å². The minimum atomic E-state index is -0.432. The van der Waals surface area contributed by atoms with Crippen molar-refractivity contribution in [1.82, 2.24) is 0 Å². The highest BCUT2D eigenvalue weighted by molar-refractivity contribution is 9.10. The topological polar surface area (TPSA) is 37.4 Å². The first kappa shape index (κ1) is 10.4. The van der Waals surface area contributed by atoms with Gasteiger partial charge in [-0.25, -0.2) is 0 Å². The molecule has 78 valence electrons. The zero-order chi connectivity index (χ0) is 11.2. The van der Waals surface area contributed by atoms with Gasteiger partial charge in [0.2, 0.25) is 0 Å². The maximum absolute atomic E-state index is 11.7. The molecule has 1 amide bonds. The van der Waals surface area contributed by atoms with E-state index in [4.69, 9.17) is 0 Å². The van der Waals surface area contributed by atoms with Crippen molar-refractivity contribution >= 4 is 33.3 Å². The van der Waals surface area contributed by atoms with Crippen molar-refractivity contribution in [3.63, 3.8) is 0 Å². The van der Waals surface area contributed by atoms with Gasteiger partial charge in [-0.1, -0.05) is 15.9 Å². The van der Waals surface area contributed by atoms with Crippen molar-refractivity contribution in [2.24, 2.45) is 0 Å². The summed E-state index contributed by atoms with van der Waals surface area (Å²) < 4.78 is 0.813. The molecule has 0 atom stereocenters. The molecule has 2 rings (SSSR count). The van der Waals surface area contributed by atoms with Crippen LogP contribution in [0.3, 0.4) is 0 Å². The van der Waals surface area contributed by atoms with Crippen molar-refractivity contribution in [2.45, 2.75) is 19.9 Å². The summed E-state index contributed by atoms with van der Waals surface area (Å²) in [6.07, 6.45) is 0. The lowest BCUT2D eigenvalue weighted by atomic mass is 10.1. The quantitative estimate of drug-likeness (QED) is 0.733. The molecule has 1 aliphatic heterocycles. The van der Waals surface area contributed by atoms with E-state index in [0.717, 1.165) is 4.47 Å². The van der Waals surface area contributed by atoms with Gasteiger partial charge in [-0.3, -0.25) is 9.59 Å². The summed E-state index contributed by atoms with van der Waals surface area (Å²) >= 11 is 3.29. The zero-order valence-corrected chi connectivity index (χ0v) is 10.0. The highest BCUT2D eigenvalue weighted by Gasteiger charge is 2.37. The first-order chi connectivity index (χ1) is 7.02. The molecular formula is C11H10BrNO2. The van der Waals surface area contributed by atoms with Crippen molar-refractivity contribution in [3.8, 4) is 0 Å². The van der Waals surface area contributed by atoms with Gasteiger partial charge in [-0.05, 0) is 32.0 Å². The minimum absolute atomic E-state index is 0.00359. The van der Waals surface area contributed by atoms with Crippen LogP contribution >= 0.6 is 15.9 Å². The Hall–Kier alpha value is -1.16. The number of benzene rings is 1. The Morgan fingerprint density at radius 1 is 1.27 bits per heavy atom. The third-order valence-corrected chi connectivity index (χ3v) is 2.89. The molecule has 0 spiro atoms. The molecule has 0 radical (unpaired) electrons. The van der Waals surface area contributed by atoms with Gasteiger partial charge in [0.15, 0.2) is 0 Å². The largest absolute Gasteiger partial charge is 0.302 e. The minimum Gasteiger partial charge on any atom is -0.302 e. The summed E-state index contributed by atoms with van der Waals surface area (Å²) in [5.41, 5.74) is 1.20. The summed E-state index contributed by atoms with van der Waals surface area (Å²) in [4.78, 5) is 24.9. The predicted octanol–water partition coefficient (Wildman–Crippen LogP) is 2.39. The number of ketones is 1. The smallest absolute Gasteiger partial charge is 0.299 e. The Labute approximate surface area is 96.2 Å².